The summed E-state index contributed by atoms with van der Waals surface area (Å²) in [6.45, 7) is 1.83. The number of hydrogen-bond donors (Lipinski definition) is 2. The minimum atomic E-state index is -1.01. The molecule has 3 aromatic rings. The van der Waals surface area contributed by atoms with Crippen LogP contribution >= 0.6 is 12.4 Å². The number of aromatic nitrogens is 2. The second kappa shape index (κ2) is 9.38. The zero-order chi connectivity index (χ0) is 19.4. The van der Waals surface area contributed by atoms with Crippen molar-refractivity contribution in [2.45, 2.75) is 25.9 Å². The average Bonchev–Trinajstić information content (AvgIpc) is 3.14. The molecule has 9 heteroatoms. The van der Waals surface area contributed by atoms with E-state index >= 15 is 0 Å². The molecule has 0 aliphatic carbocycles. The van der Waals surface area contributed by atoms with Crippen LogP contribution in [0.1, 0.15) is 30.0 Å². The SMILES string of the molecule is CC(=O)NC(Cc1ccc(CN)cc1)c1nnc(-c2ccc(F)c(F)c2)o1.Cl. The fraction of sp³-hybridized carbons (Fsp3) is 0.211. The van der Waals surface area contributed by atoms with Gasteiger partial charge in [-0.15, -0.1) is 22.6 Å². The number of hydrogen-bond acceptors (Lipinski definition) is 5. The van der Waals surface area contributed by atoms with Gasteiger partial charge in [0.05, 0.1) is 0 Å². The van der Waals surface area contributed by atoms with Gasteiger partial charge in [0.25, 0.3) is 0 Å². The molecule has 1 aromatic heterocycles. The Labute approximate surface area is 166 Å². The first kappa shape index (κ1) is 21.5. The highest BCUT2D eigenvalue weighted by atomic mass is 35.5. The molecule has 3 N–H and O–H groups in total. The van der Waals surface area contributed by atoms with Gasteiger partial charge < -0.3 is 15.5 Å². The van der Waals surface area contributed by atoms with Crippen molar-refractivity contribution in [1.82, 2.24) is 15.5 Å². The molecule has 0 aliphatic rings. The van der Waals surface area contributed by atoms with Crippen molar-refractivity contribution < 1.29 is 18.0 Å². The van der Waals surface area contributed by atoms with Crippen LogP contribution in [0.4, 0.5) is 8.78 Å². The number of nitrogens with one attached hydrogen (secondary N) is 1. The van der Waals surface area contributed by atoms with Crippen LogP contribution in [-0.4, -0.2) is 16.1 Å². The Bertz CT molecular complexity index is 947. The number of nitrogens with zero attached hydrogens (tertiary/aromatic N) is 2. The van der Waals surface area contributed by atoms with E-state index in [1.54, 1.807) is 0 Å². The van der Waals surface area contributed by atoms with E-state index in [1.165, 1.54) is 13.0 Å². The van der Waals surface area contributed by atoms with Crippen molar-refractivity contribution in [3.8, 4) is 11.5 Å². The van der Waals surface area contributed by atoms with E-state index in [9.17, 15) is 13.6 Å². The molecular formula is C19H19ClF2N4O2. The summed E-state index contributed by atoms with van der Waals surface area (Å²) in [5, 5.41) is 10.6. The molecule has 0 radical (unpaired) electrons. The maximum atomic E-state index is 13.4. The first-order valence-electron chi connectivity index (χ1n) is 8.30. The van der Waals surface area contributed by atoms with Crippen molar-refractivity contribution in [2.75, 3.05) is 0 Å². The van der Waals surface area contributed by atoms with Crippen LogP contribution in [0.5, 0.6) is 0 Å². The number of rotatable bonds is 6. The maximum absolute atomic E-state index is 13.4. The first-order chi connectivity index (χ1) is 13.0. The zero-order valence-electron chi connectivity index (χ0n) is 15.0. The highest BCUT2D eigenvalue weighted by molar-refractivity contribution is 5.85. The molecule has 6 nitrogen and oxygen atoms in total. The smallest absolute Gasteiger partial charge is 0.247 e. The fourth-order valence-corrected chi connectivity index (χ4v) is 2.61. The van der Waals surface area contributed by atoms with E-state index in [4.69, 9.17) is 10.2 Å². The van der Waals surface area contributed by atoms with E-state index in [0.717, 1.165) is 23.3 Å². The van der Waals surface area contributed by atoms with Crippen molar-refractivity contribution >= 4 is 18.3 Å². The summed E-state index contributed by atoms with van der Waals surface area (Å²) in [7, 11) is 0. The molecule has 148 valence electrons. The van der Waals surface area contributed by atoms with Gasteiger partial charge >= 0.3 is 0 Å². The Balaban J connectivity index is 0.00000280. The third kappa shape index (κ3) is 5.11. The van der Waals surface area contributed by atoms with Gasteiger partial charge in [-0.2, -0.15) is 0 Å². The fourth-order valence-electron chi connectivity index (χ4n) is 2.61. The normalized spacial score (nSPS) is 11.6. The lowest BCUT2D eigenvalue weighted by atomic mass is 10.0. The van der Waals surface area contributed by atoms with Crippen LogP contribution in [0.15, 0.2) is 46.9 Å². The molecular weight excluding hydrogens is 390 g/mol. The van der Waals surface area contributed by atoms with Gasteiger partial charge in [-0.1, -0.05) is 24.3 Å². The summed E-state index contributed by atoms with van der Waals surface area (Å²) < 4.78 is 32.1. The molecule has 0 spiro atoms. The highest BCUT2D eigenvalue weighted by Gasteiger charge is 2.21. The van der Waals surface area contributed by atoms with E-state index in [2.05, 4.69) is 15.5 Å². The van der Waals surface area contributed by atoms with Gasteiger partial charge in [-0.25, -0.2) is 8.78 Å². The third-order valence-corrected chi connectivity index (χ3v) is 3.98. The molecule has 0 bridgehead atoms. The molecule has 1 amide bonds. The second-order valence-electron chi connectivity index (χ2n) is 6.05. The predicted molar refractivity (Wildman–Crippen MR) is 101 cm³/mol. The topological polar surface area (TPSA) is 94.0 Å². The van der Waals surface area contributed by atoms with Gasteiger partial charge in [-0.05, 0) is 29.3 Å². The van der Waals surface area contributed by atoms with Gasteiger partial charge in [0.1, 0.15) is 6.04 Å². The van der Waals surface area contributed by atoms with Gasteiger partial charge in [0.15, 0.2) is 11.6 Å². The number of carbonyl (C=O) groups excluding carboxylic acids is 1. The zero-order valence-corrected chi connectivity index (χ0v) is 15.8. The monoisotopic (exact) mass is 408 g/mol. The van der Waals surface area contributed by atoms with E-state index in [1.807, 2.05) is 24.3 Å². The van der Waals surface area contributed by atoms with Crippen LogP contribution in [0, 0.1) is 11.6 Å². The summed E-state index contributed by atoms with van der Waals surface area (Å²) in [5.74, 6) is -2.02. The molecule has 0 saturated heterocycles. The van der Waals surface area contributed by atoms with E-state index in [0.29, 0.717) is 13.0 Å². The molecule has 1 unspecified atom stereocenters. The van der Waals surface area contributed by atoms with Crippen LogP contribution in [0.25, 0.3) is 11.5 Å². The van der Waals surface area contributed by atoms with Crippen LogP contribution in [-0.2, 0) is 17.8 Å². The Morgan fingerprint density at radius 1 is 1.11 bits per heavy atom. The lowest BCUT2D eigenvalue weighted by molar-refractivity contribution is -0.119. The van der Waals surface area contributed by atoms with Crippen LogP contribution in [0.3, 0.4) is 0 Å². The molecule has 1 heterocycles. The lowest BCUT2D eigenvalue weighted by Gasteiger charge is -2.14. The molecule has 2 aromatic carbocycles. The minimum Gasteiger partial charge on any atom is -0.418 e. The summed E-state index contributed by atoms with van der Waals surface area (Å²) in [4.78, 5) is 11.6. The van der Waals surface area contributed by atoms with Crippen LogP contribution in [0.2, 0.25) is 0 Å². The average molecular weight is 409 g/mol. The molecule has 0 saturated carbocycles. The van der Waals surface area contributed by atoms with Gasteiger partial charge in [-0.3, -0.25) is 4.79 Å². The number of halogens is 3. The number of nitrogens with two attached hydrogens (primary N) is 1. The highest BCUT2D eigenvalue weighted by Crippen LogP contribution is 2.24. The Hall–Kier alpha value is -2.84. The largest absolute Gasteiger partial charge is 0.418 e. The molecule has 0 aliphatic heterocycles. The Morgan fingerprint density at radius 2 is 1.79 bits per heavy atom. The van der Waals surface area contributed by atoms with Crippen molar-refractivity contribution in [1.29, 1.82) is 0 Å². The van der Waals surface area contributed by atoms with Crippen molar-refractivity contribution in [3.63, 3.8) is 0 Å². The molecule has 0 fully saturated rings. The minimum absolute atomic E-state index is 0. The standard InChI is InChI=1S/C19H18F2N4O2.ClH/c1-11(26)23-17(8-12-2-4-13(10-22)5-3-12)19-25-24-18(27-19)14-6-7-15(20)16(21)9-14;/h2-7,9,17H,8,10,22H2,1H3,(H,23,26);1H. The van der Waals surface area contributed by atoms with Crippen molar-refractivity contribution in [3.05, 3.63) is 71.1 Å². The van der Waals surface area contributed by atoms with Crippen molar-refractivity contribution in [2.24, 2.45) is 5.73 Å². The van der Waals surface area contributed by atoms with Crippen LogP contribution < -0.4 is 11.1 Å². The Morgan fingerprint density at radius 3 is 2.39 bits per heavy atom. The summed E-state index contributed by atoms with van der Waals surface area (Å²) in [6.07, 6.45) is 0.420. The molecule has 3 rings (SSSR count). The van der Waals surface area contributed by atoms with E-state index < -0.39 is 17.7 Å². The predicted octanol–water partition coefficient (Wildman–Crippen LogP) is 3.32. The Kier molecular flexibility index (Phi) is 7.19. The number of carbonyl (C=O) groups is 1. The van der Waals surface area contributed by atoms with Gasteiger partial charge in [0.2, 0.25) is 17.7 Å². The molecule has 1 atom stereocenters. The maximum Gasteiger partial charge on any atom is 0.247 e. The summed E-state index contributed by atoms with van der Waals surface area (Å²) in [6, 6.07) is 10.4. The lowest BCUT2D eigenvalue weighted by Crippen LogP contribution is -2.28. The second-order valence-corrected chi connectivity index (χ2v) is 6.05. The molecule has 28 heavy (non-hydrogen) atoms. The van der Waals surface area contributed by atoms with E-state index in [-0.39, 0.29) is 35.7 Å². The van der Waals surface area contributed by atoms with Gasteiger partial charge in [0, 0.05) is 25.5 Å². The number of benzene rings is 2. The third-order valence-electron chi connectivity index (χ3n) is 3.98. The first-order valence-corrected chi connectivity index (χ1v) is 8.30. The number of amides is 1. The summed E-state index contributed by atoms with van der Waals surface area (Å²) >= 11 is 0. The summed E-state index contributed by atoms with van der Waals surface area (Å²) in [5.41, 5.74) is 7.78. The quantitative estimate of drug-likeness (QED) is 0.652.